The molecule has 22 heavy (non-hydrogen) atoms. The van der Waals surface area contributed by atoms with E-state index in [9.17, 15) is 4.79 Å². The number of hydrogen-bond acceptors (Lipinski definition) is 4. The predicted molar refractivity (Wildman–Crippen MR) is 80.6 cm³/mol. The molecule has 1 aliphatic heterocycles. The van der Waals surface area contributed by atoms with Gasteiger partial charge in [-0.3, -0.25) is 4.79 Å². The highest BCUT2D eigenvalue weighted by Crippen LogP contribution is 2.52. The molecule has 3 rings (SSSR count). The van der Waals surface area contributed by atoms with E-state index in [1.807, 2.05) is 18.2 Å². The number of carboxylic acids is 1. The zero-order valence-electron chi connectivity index (χ0n) is 12.8. The molecule has 2 fully saturated rings. The highest BCUT2D eigenvalue weighted by molar-refractivity contribution is 5.70. The Morgan fingerprint density at radius 3 is 2.64 bits per heavy atom. The van der Waals surface area contributed by atoms with Crippen molar-refractivity contribution in [2.75, 3.05) is 20.3 Å². The van der Waals surface area contributed by atoms with Crippen molar-refractivity contribution in [2.24, 2.45) is 0 Å². The molecule has 1 saturated heterocycles. The fraction of sp³-hybridized carbons (Fsp3) is 0.588. The van der Waals surface area contributed by atoms with Crippen molar-refractivity contribution in [3.8, 4) is 11.5 Å². The SMILES string of the molecule is COc1cc(C2(CC(=O)O)CC2)ccc1OC1CCOCC1. The highest BCUT2D eigenvalue weighted by atomic mass is 16.5. The van der Waals surface area contributed by atoms with Crippen LogP contribution in [0, 0.1) is 0 Å². The number of ether oxygens (including phenoxy) is 3. The summed E-state index contributed by atoms with van der Waals surface area (Å²) in [6.07, 6.45) is 3.94. The number of aliphatic carboxylic acids is 1. The highest BCUT2D eigenvalue weighted by Gasteiger charge is 2.46. The Labute approximate surface area is 130 Å². The molecule has 1 N–H and O–H groups in total. The maximum atomic E-state index is 11.0. The van der Waals surface area contributed by atoms with E-state index in [4.69, 9.17) is 19.3 Å². The number of benzene rings is 1. The van der Waals surface area contributed by atoms with Crippen LogP contribution in [-0.4, -0.2) is 37.5 Å². The van der Waals surface area contributed by atoms with E-state index in [2.05, 4.69) is 0 Å². The first-order chi connectivity index (χ1) is 10.6. The van der Waals surface area contributed by atoms with E-state index >= 15 is 0 Å². The molecule has 0 aromatic heterocycles. The minimum absolute atomic E-state index is 0.155. The number of carbonyl (C=O) groups is 1. The largest absolute Gasteiger partial charge is 0.493 e. The Morgan fingerprint density at radius 2 is 2.05 bits per heavy atom. The fourth-order valence-corrected chi connectivity index (χ4v) is 3.08. The molecule has 0 unspecified atom stereocenters. The summed E-state index contributed by atoms with van der Waals surface area (Å²) in [6.45, 7) is 1.46. The molecule has 1 heterocycles. The lowest BCUT2D eigenvalue weighted by atomic mass is 9.92. The monoisotopic (exact) mass is 306 g/mol. The first-order valence-electron chi connectivity index (χ1n) is 7.78. The first kappa shape index (κ1) is 15.2. The van der Waals surface area contributed by atoms with Gasteiger partial charge in [0.2, 0.25) is 0 Å². The van der Waals surface area contributed by atoms with Crippen molar-refractivity contribution in [3.05, 3.63) is 23.8 Å². The molecule has 0 spiro atoms. The van der Waals surface area contributed by atoms with Gasteiger partial charge in [0.1, 0.15) is 6.10 Å². The molecular weight excluding hydrogens is 284 g/mol. The average Bonchev–Trinajstić information content (AvgIpc) is 3.28. The van der Waals surface area contributed by atoms with Gasteiger partial charge >= 0.3 is 5.97 Å². The summed E-state index contributed by atoms with van der Waals surface area (Å²) in [7, 11) is 1.62. The van der Waals surface area contributed by atoms with Crippen molar-refractivity contribution in [2.45, 2.75) is 43.6 Å². The minimum atomic E-state index is -0.751. The zero-order chi connectivity index (χ0) is 15.6. The molecule has 1 aliphatic carbocycles. The van der Waals surface area contributed by atoms with Crippen LogP contribution in [0.2, 0.25) is 0 Å². The first-order valence-corrected chi connectivity index (χ1v) is 7.78. The Hall–Kier alpha value is -1.75. The molecule has 0 bridgehead atoms. The molecule has 120 valence electrons. The Balaban J connectivity index is 1.77. The van der Waals surface area contributed by atoms with E-state index in [1.165, 1.54) is 0 Å². The van der Waals surface area contributed by atoms with E-state index in [-0.39, 0.29) is 17.9 Å². The third kappa shape index (κ3) is 3.19. The number of carboxylic acid groups (broad SMARTS) is 1. The maximum Gasteiger partial charge on any atom is 0.304 e. The molecule has 0 amide bonds. The van der Waals surface area contributed by atoms with Crippen LogP contribution in [0.1, 0.15) is 37.7 Å². The smallest absolute Gasteiger partial charge is 0.304 e. The van der Waals surface area contributed by atoms with Crippen molar-refractivity contribution in [1.82, 2.24) is 0 Å². The van der Waals surface area contributed by atoms with E-state index in [1.54, 1.807) is 7.11 Å². The molecule has 1 aromatic rings. The number of methoxy groups -OCH3 is 1. The van der Waals surface area contributed by atoms with Gasteiger partial charge in [-0.2, -0.15) is 0 Å². The van der Waals surface area contributed by atoms with Crippen molar-refractivity contribution in [1.29, 1.82) is 0 Å². The summed E-state index contributed by atoms with van der Waals surface area (Å²) in [6, 6.07) is 5.82. The summed E-state index contributed by atoms with van der Waals surface area (Å²) >= 11 is 0. The average molecular weight is 306 g/mol. The van der Waals surface area contributed by atoms with Crippen molar-refractivity contribution < 1.29 is 24.1 Å². The van der Waals surface area contributed by atoms with Gasteiger partial charge in [-0.15, -0.1) is 0 Å². The summed E-state index contributed by atoms with van der Waals surface area (Å²) in [5, 5.41) is 9.08. The molecule has 0 radical (unpaired) electrons. The van der Waals surface area contributed by atoms with Gasteiger partial charge in [0.25, 0.3) is 0 Å². The Bertz CT molecular complexity index is 544. The minimum Gasteiger partial charge on any atom is -0.493 e. The second-order valence-corrected chi connectivity index (χ2v) is 6.15. The summed E-state index contributed by atoms with van der Waals surface area (Å²) in [4.78, 5) is 11.0. The normalized spacial score (nSPS) is 20.4. The van der Waals surface area contributed by atoms with Gasteiger partial charge in [0.05, 0.1) is 26.7 Å². The number of rotatable bonds is 6. The van der Waals surface area contributed by atoms with Gasteiger partial charge in [-0.25, -0.2) is 0 Å². The lowest BCUT2D eigenvalue weighted by molar-refractivity contribution is -0.137. The summed E-state index contributed by atoms with van der Waals surface area (Å²) in [5.74, 6) is 0.656. The summed E-state index contributed by atoms with van der Waals surface area (Å²) in [5.41, 5.74) is 0.821. The van der Waals surface area contributed by atoms with Crippen LogP contribution < -0.4 is 9.47 Å². The Kier molecular flexibility index (Phi) is 4.25. The molecule has 1 aromatic carbocycles. The second kappa shape index (κ2) is 6.16. The van der Waals surface area contributed by atoms with Crippen molar-refractivity contribution >= 4 is 5.97 Å². The molecule has 5 nitrogen and oxygen atoms in total. The Morgan fingerprint density at radius 1 is 1.32 bits per heavy atom. The lowest BCUT2D eigenvalue weighted by Gasteiger charge is -2.25. The van der Waals surface area contributed by atoms with Crippen LogP contribution in [-0.2, 0) is 14.9 Å². The maximum absolute atomic E-state index is 11.0. The standard InChI is InChI=1S/C17H22O5/c1-20-15-10-12(17(6-7-17)11-16(18)19)2-3-14(15)22-13-4-8-21-9-5-13/h2-3,10,13H,4-9,11H2,1H3,(H,18,19). The van der Waals surface area contributed by atoms with Gasteiger partial charge in [-0.1, -0.05) is 6.07 Å². The van der Waals surface area contributed by atoms with Gasteiger partial charge in [-0.05, 0) is 30.5 Å². The van der Waals surface area contributed by atoms with Gasteiger partial charge < -0.3 is 19.3 Å². The van der Waals surface area contributed by atoms with E-state index in [0.717, 1.165) is 50.2 Å². The molecule has 0 atom stereocenters. The van der Waals surface area contributed by atoms with Crippen LogP contribution in [0.15, 0.2) is 18.2 Å². The topological polar surface area (TPSA) is 65.0 Å². The third-order valence-corrected chi connectivity index (χ3v) is 4.58. The van der Waals surface area contributed by atoms with E-state index in [0.29, 0.717) is 5.75 Å². The van der Waals surface area contributed by atoms with Crippen LogP contribution in [0.4, 0.5) is 0 Å². The van der Waals surface area contributed by atoms with E-state index < -0.39 is 5.97 Å². The number of hydrogen-bond donors (Lipinski definition) is 1. The van der Waals surface area contributed by atoms with Crippen LogP contribution in [0.3, 0.4) is 0 Å². The van der Waals surface area contributed by atoms with Crippen molar-refractivity contribution in [3.63, 3.8) is 0 Å². The lowest BCUT2D eigenvalue weighted by Crippen LogP contribution is -2.26. The second-order valence-electron chi connectivity index (χ2n) is 6.15. The molecule has 2 aliphatic rings. The van der Waals surface area contributed by atoms with Crippen LogP contribution in [0.5, 0.6) is 11.5 Å². The zero-order valence-corrected chi connectivity index (χ0v) is 12.8. The quantitative estimate of drug-likeness (QED) is 0.875. The molecule has 1 saturated carbocycles. The molecular formula is C17H22O5. The fourth-order valence-electron chi connectivity index (χ4n) is 3.08. The van der Waals surface area contributed by atoms with Crippen LogP contribution >= 0.6 is 0 Å². The predicted octanol–water partition coefficient (Wildman–Crippen LogP) is 2.76. The summed E-state index contributed by atoms with van der Waals surface area (Å²) < 4.78 is 16.8. The van der Waals surface area contributed by atoms with Gasteiger partial charge in [0.15, 0.2) is 11.5 Å². The van der Waals surface area contributed by atoms with Crippen LogP contribution in [0.25, 0.3) is 0 Å². The molecule has 5 heteroatoms. The third-order valence-electron chi connectivity index (χ3n) is 4.58. The van der Waals surface area contributed by atoms with Gasteiger partial charge in [0, 0.05) is 18.3 Å².